The Hall–Kier alpha value is -2.85. The molecule has 1 aliphatic heterocycles. The number of carbonyl (C=O) groups excluding carboxylic acids is 1. The molecule has 1 aromatic rings. The van der Waals surface area contributed by atoms with E-state index in [1.807, 2.05) is 6.07 Å². The molecule has 0 spiro atoms. The van der Waals surface area contributed by atoms with Crippen LogP contribution in [0.3, 0.4) is 0 Å². The molecule has 0 atom stereocenters. The lowest BCUT2D eigenvalue weighted by Crippen LogP contribution is -2.48. The summed E-state index contributed by atoms with van der Waals surface area (Å²) in [5, 5.41) is 17.7. The molecule has 1 fully saturated rings. The number of methoxy groups -OCH3 is 2. The molecule has 156 valence electrons. The minimum Gasteiger partial charge on any atom is -0.493 e. The first-order chi connectivity index (χ1) is 13.3. The van der Waals surface area contributed by atoms with Crippen molar-refractivity contribution in [3.8, 4) is 11.5 Å². The molecule has 2 rings (SSSR count). The Morgan fingerprint density at radius 2 is 1.50 bits per heavy atom. The van der Waals surface area contributed by atoms with Gasteiger partial charge in [-0.3, -0.25) is 9.69 Å². The first kappa shape index (κ1) is 23.2. The van der Waals surface area contributed by atoms with Crippen molar-refractivity contribution < 1.29 is 34.1 Å². The lowest BCUT2D eigenvalue weighted by Gasteiger charge is -2.33. The standard InChI is InChI=1S/C16H25N3O3.C2H2O4/c1-4-18-7-9-19(10-8-18)12-16(20)17-13-5-6-14(21-2)15(11-13)22-3;3-1(4)2(5)6/h5-6,11H,4,7-10,12H2,1-3H3,(H,17,20);(H,3,4)(H,5,6). The predicted octanol–water partition coefficient (Wildman–Crippen LogP) is 0.435. The van der Waals surface area contributed by atoms with E-state index in [1.165, 1.54) is 0 Å². The summed E-state index contributed by atoms with van der Waals surface area (Å²) in [6.07, 6.45) is 0. The topological polar surface area (TPSA) is 129 Å². The molecule has 0 aliphatic carbocycles. The summed E-state index contributed by atoms with van der Waals surface area (Å²) in [6, 6.07) is 5.37. The number of piperazine rings is 1. The van der Waals surface area contributed by atoms with E-state index in [0.29, 0.717) is 18.0 Å². The Morgan fingerprint density at radius 3 is 1.96 bits per heavy atom. The van der Waals surface area contributed by atoms with Gasteiger partial charge in [0.2, 0.25) is 5.91 Å². The average Bonchev–Trinajstić information content (AvgIpc) is 2.68. The van der Waals surface area contributed by atoms with Crippen molar-refractivity contribution in [1.82, 2.24) is 9.80 Å². The molecule has 0 aromatic heterocycles. The first-order valence-electron chi connectivity index (χ1n) is 8.73. The minimum atomic E-state index is -1.82. The number of benzene rings is 1. The zero-order valence-electron chi connectivity index (χ0n) is 16.3. The van der Waals surface area contributed by atoms with Crippen molar-refractivity contribution in [2.45, 2.75) is 6.92 Å². The molecule has 3 N–H and O–H groups in total. The molecule has 0 radical (unpaired) electrons. The Labute approximate surface area is 163 Å². The van der Waals surface area contributed by atoms with Gasteiger partial charge in [-0.1, -0.05) is 6.92 Å². The number of carboxylic acids is 2. The highest BCUT2D eigenvalue weighted by Crippen LogP contribution is 2.29. The first-order valence-corrected chi connectivity index (χ1v) is 8.73. The highest BCUT2D eigenvalue weighted by Gasteiger charge is 2.18. The molecule has 0 saturated carbocycles. The number of carboxylic acid groups (broad SMARTS) is 2. The van der Waals surface area contributed by atoms with Crippen molar-refractivity contribution in [2.75, 3.05) is 58.8 Å². The number of hydrogen-bond donors (Lipinski definition) is 3. The number of hydrogen-bond acceptors (Lipinski definition) is 7. The third kappa shape index (κ3) is 7.80. The average molecular weight is 397 g/mol. The summed E-state index contributed by atoms with van der Waals surface area (Å²) < 4.78 is 10.4. The quantitative estimate of drug-likeness (QED) is 0.585. The molecule has 0 bridgehead atoms. The van der Waals surface area contributed by atoms with Gasteiger partial charge in [0.15, 0.2) is 11.5 Å². The maximum atomic E-state index is 12.1. The predicted molar refractivity (Wildman–Crippen MR) is 102 cm³/mol. The summed E-state index contributed by atoms with van der Waals surface area (Å²) in [5.74, 6) is -2.39. The van der Waals surface area contributed by atoms with Crippen LogP contribution in [0.2, 0.25) is 0 Å². The number of nitrogens with one attached hydrogen (secondary N) is 1. The van der Waals surface area contributed by atoms with Gasteiger partial charge >= 0.3 is 11.9 Å². The fourth-order valence-corrected chi connectivity index (χ4v) is 2.58. The highest BCUT2D eigenvalue weighted by molar-refractivity contribution is 6.27. The SMILES string of the molecule is CCN1CCN(CC(=O)Nc2ccc(OC)c(OC)c2)CC1.O=C(O)C(=O)O. The maximum absolute atomic E-state index is 12.1. The smallest absolute Gasteiger partial charge is 0.414 e. The number of anilines is 1. The van der Waals surface area contributed by atoms with E-state index in [-0.39, 0.29) is 5.91 Å². The van der Waals surface area contributed by atoms with Crippen LogP contribution in [0, 0.1) is 0 Å². The van der Waals surface area contributed by atoms with Crippen LogP contribution in [0.4, 0.5) is 5.69 Å². The van der Waals surface area contributed by atoms with E-state index in [4.69, 9.17) is 29.3 Å². The third-order valence-corrected chi connectivity index (χ3v) is 4.13. The van der Waals surface area contributed by atoms with Crippen LogP contribution in [-0.4, -0.2) is 91.3 Å². The van der Waals surface area contributed by atoms with Gasteiger partial charge in [-0.2, -0.15) is 0 Å². The summed E-state index contributed by atoms with van der Waals surface area (Å²) in [4.78, 5) is 34.9. The van der Waals surface area contributed by atoms with Crippen LogP contribution < -0.4 is 14.8 Å². The number of nitrogens with zero attached hydrogens (tertiary/aromatic N) is 2. The van der Waals surface area contributed by atoms with Gasteiger partial charge in [-0.05, 0) is 18.7 Å². The summed E-state index contributed by atoms with van der Waals surface area (Å²) >= 11 is 0. The van der Waals surface area contributed by atoms with Crippen LogP contribution in [0.5, 0.6) is 11.5 Å². The van der Waals surface area contributed by atoms with Crippen molar-refractivity contribution in [3.63, 3.8) is 0 Å². The van der Waals surface area contributed by atoms with Gasteiger partial charge in [0.25, 0.3) is 0 Å². The Morgan fingerprint density at radius 1 is 0.964 bits per heavy atom. The van der Waals surface area contributed by atoms with E-state index in [2.05, 4.69) is 22.0 Å². The molecule has 1 aliphatic rings. The minimum absolute atomic E-state index is 0.00262. The second-order valence-corrected chi connectivity index (χ2v) is 5.94. The second kappa shape index (κ2) is 11.8. The number of likely N-dealkylation sites (N-methyl/N-ethyl adjacent to an activating group) is 1. The maximum Gasteiger partial charge on any atom is 0.414 e. The van der Waals surface area contributed by atoms with E-state index in [9.17, 15) is 4.79 Å². The van der Waals surface area contributed by atoms with Gasteiger partial charge in [0.1, 0.15) is 0 Å². The second-order valence-electron chi connectivity index (χ2n) is 5.94. The Bertz CT molecular complexity index is 661. The van der Waals surface area contributed by atoms with Crippen molar-refractivity contribution in [2.24, 2.45) is 0 Å². The highest BCUT2D eigenvalue weighted by atomic mass is 16.5. The number of ether oxygens (including phenoxy) is 2. The summed E-state index contributed by atoms with van der Waals surface area (Å²) in [5.41, 5.74) is 0.717. The summed E-state index contributed by atoms with van der Waals surface area (Å²) in [7, 11) is 3.17. The largest absolute Gasteiger partial charge is 0.493 e. The van der Waals surface area contributed by atoms with Gasteiger partial charge in [-0.15, -0.1) is 0 Å². The van der Waals surface area contributed by atoms with E-state index >= 15 is 0 Å². The van der Waals surface area contributed by atoms with Crippen LogP contribution in [0.15, 0.2) is 18.2 Å². The van der Waals surface area contributed by atoms with Crippen molar-refractivity contribution >= 4 is 23.5 Å². The molecule has 1 amide bonds. The van der Waals surface area contributed by atoms with Crippen LogP contribution in [-0.2, 0) is 14.4 Å². The van der Waals surface area contributed by atoms with Crippen LogP contribution in [0.25, 0.3) is 0 Å². The fourth-order valence-electron chi connectivity index (χ4n) is 2.58. The van der Waals surface area contributed by atoms with Gasteiger partial charge in [0.05, 0.1) is 20.8 Å². The van der Waals surface area contributed by atoms with Gasteiger partial charge < -0.3 is 29.9 Å². The molecule has 28 heavy (non-hydrogen) atoms. The molecule has 1 saturated heterocycles. The zero-order valence-corrected chi connectivity index (χ0v) is 16.3. The molecule has 10 nitrogen and oxygen atoms in total. The number of aliphatic carboxylic acids is 2. The van der Waals surface area contributed by atoms with Crippen molar-refractivity contribution in [1.29, 1.82) is 0 Å². The number of carbonyl (C=O) groups is 3. The Kier molecular flexibility index (Phi) is 9.75. The molecule has 1 heterocycles. The monoisotopic (exact) mass is 397 g/mol. The van der Waals surface area contributed by atoms with Gasteiger partial charge in [-0.25, -0.2) is 9.59 Å². The third-order valence-electron chi connectivity index (χ3n) is 4.13. The van der Waals surface area contributed by atoms with Crippen LogP contribution >= 0.6 is 0 Å². The summed E-state index contributed by atoms with van der Waals surface area (Å²) in [6.45, 7) is 7.59. The Balaban J connectivity index is 0.000000568. The van der Waals surface area contributed by atoms with E-state index < -0.39 is 11.9 Å². The number of rotatable bonds is 6. The fraction of sp³-hybridized carbons (Fsp3) is 0.500. The number of amides is 1. The lowest BCUT2D eigenvalue weighted by molar-refractivity contribution is -0.159. The van der Waals surface area contributed by atoms with Gasteiger partial charge in [0, 0.05) is 37.9 Å². The lowest BCUT2D eigenvalue weighted by atomic mass is 10.2. The van der Waals surface area contributed by atoms with Crippen LogP contribution in [0.1, 0.15) is 6.92 Å². The molecule has 0 unspecified atom stereocenters. The zero-order chi connectivity index (χ0) is 21.1. The normalized spacial score (nSPS) is 14.4. The molecule has 10 heteroatoms. The van der Waals surface area contributed by atoms with E-state index in [0.717, 1.165) is 38.4 Å². The molecular formula is C18H27N3O7. The van der Waals surface area contributed by atoms with E-state index in [1.54, 1.807) is 26.4 Å². The molecular weight excluding hydrogens is 370 g/mol. The van der Waals surface area contributed by atoms with Crippen molar-refractivity contribution in [3.05, 3.63) is 18.2 Å². The molecule has 1 aromatic carbocycles.